The van der Waals surface area contributed by atoms with E-state index in [0.717, 1.165) is 12.8 Å². The van der Waals surface area contributed by atoms with Crippen molar-refractivity contribution in [2.45, 2.75) is 61.9 Å². The van der Waals surface area contributed by atoms with Crippen molar-refractivity contribution in [3.8, 4) is 34.0 Å². The average molecular weight is 724 g/mol. The summed E-state index contributed by atoms with van der Waals surface area (Å²) in [5, 5.41) is 8.31. The maximum absolute atomic E-state index is 14.9. The maximum atomic E-state index is 14.9. The van der Waals surface area contributed by atoms with E-state index >= 15 is 0 Å². The van der Waals surface area contributed by atoms with Gasteiger partial charge in [-0.2, -0.15) is 0 Å². The summed E-state index contributed by atoms with van der Waals surface area (Å²) in [4.78, 5) is 32.0. The molecule has 0 aliphatic heterocycles. The highest BCUT2D eigenvalue weighted by Gasteiger charge is 2.40. The van der Waals surface area contributed by atoms with E-state index in [-0.39, 0.29) is 45.5 Å². The summed E-state index contributed by atoms with van der Waals surface area (Å²) in [7, 11) is 2.24. The monoisotopic (exact) mass is 723 g/mol. The third-order valence-corrected chi connectivity index (χ3v) is 12.4. The molecule has 2 fully saturated rings. The molecule has 1 amide bonds. The molecule has 4 heterocycles. The molecule has 2 aromatic carbocycles. The number of aryl methyl sites for hydroxylation is 2. The van der Waals surface area contributed by atoms with Gasteiger partial charge < -0.3 is 14.8 Å². The highest BCUT2D eigenvalue weighted by molar-refractivity contribution is 7.90. The molecule has 0 bridgehead atoms. The van der Waals surface area contributed by atoms with E-state index in [1.54, 1.807) is 73.2 Å². The van der Waals surface area contributed by atoms with Crippen LogP contribution in [0.4, 0.5) is 0 Å². The van der Waals surface area contributed by atoms with Crippen LogP contribution in [0, 0.1) is 5.92 Å². The van der Waals surface area contributed by atoms with E-state index in [1.807, 2.05) is 28.8 Å². The fourth-order valence-corrected chi connectivity index (χ4v) is 9.25. The molecule has 14 heteroatoms. The Morgan fingerprint density at radius 2 is 1.65 bits per heavy atom. The van der Waals surface area contributed by atoms with Gasteiger partial charge in [0.15, 0.2) is 5.65 Å². The maximum Gasteiger partial charge on any atom is 0.329 e. The second kappa shape index (κ2) is 12.4. The van der Waals surface area contributed by atoms with Crippen LogP contribution in [0.15, 0.2) is 76.7 Å². The molecule has 2 saturated carbocycles. The fourth-order valence-electron chi connectivity index (χ4n) is 7.74. The molecule has 0 saturated heterocycles. The largest absolute Gasteiger partial charge is 0.497 e. The third kappa shape index (κ3) is 5.38. The predicted octanol–water partition coefficient (Wildman–Crippen LogP) is 5.41. The zero-order valence-corrected chi connectivity index (χ0v) is 30.6. The average Bonchev–Trinajstić information content (AvgIpc) is 3.79. The van der Waals surface area contributed by atoms with Gasteiger partial charge in [-0.3, -0.25) is 18.6 Å². The first-order valence-electron chi connectivity index (χ1n) is 17.4. The number of fused-ring (bicyclic) bond motifs is 3. The molecule has 0 radical (unpaired) electrons. The first kappa shape index (κ1) is 33.8. The number of nitrogens with zero attached hydrogens (tertiary/aromatic N) is 6. The summed E-state index contributed by atoms with van der Waals surface area (Å²) in [5.74, 6) is 1.07. The molecule has 2 aliphatic rings. The Bertz CT molecular complexity index is 2520. The molecule has 2 aliphatic carbocycles. The van der Waals surface area contributed by atoms with Crippen molar-refractivity contribution in [3.63, 3.8) is 0 Å². The van der Waals surface area contributed by atoms with Gasteiger partial charge in [0.05, 0.1) is 53.0 Å². The van der Waals surface area contributed by atoms with Crippen molar-refractivity contribution < 1.29 is 22.7 Å². The van der Waals surface area contributed by atoms with Crippen LogP contribution in [0.25, 0.3) is 44.5 Å². The van der Waals surface area contributed by atoms with Gasteiger partial charge in [0.25, 0.3) is 10.0 Å². The number of aromatic nitrogens is 6. The first-order valence-corrected chi connectivity index (χ1v) is 18.9. The lowest BCUT2D eigenvalue weighted by atomic mass is 9.80. The Labute approximate surface area is 300 Å². The van der Waals surface area contributed by atoms with Crippen LogP contribution in [-0.4, -0.2) is 62.0 Å². The zero-order valence-electron chi connectivity index (χ0n) is 29.8. The number of rotatable bonds is 9. The summed E-state index contributed by atoms with van der Waals surface area (Å²) < 4.78 is 47.3. The Balaban J connectivity index is 1.45. The number of hydrogen-bond donors (Lipinski definition) is 1. The molecular weight excluding hydrogens is 683 g/mol. The smallest absolute Gasteiger partial charge is 0.329 e. The van der Waals surface area contributed by atoms with Gasteiger partial charge in [0, 0.05) is 43.4 Å². The molecular formula is C38H41N7O6S. The number of carbonyl (C=O) groups is 1. The number of nitrogens with one attached hydrogen (secondary N) is 1. The quantitative estimate of drug-likeness (QED) is 0.209. The highest BCUT2D eigenvalue weighted by Crippen LogP contribution is 2.48. The molecule has 8 rings (SSSR count). The third-order valence-electron chi connectivity index (χ3n) is 10.7. The first-order chi connectivity index (χ1) is 25.0. The van der Waals surface area contributed by atoms with E-state index in [0.29, 0.717) is 70.2 Å². The topological polar surface area (TPSA) is 144 Å². The van der Waals surface area contributed by atoms with Gasteiger partial charge in [-0.15, -0.1) is 5.10 Å². The molecule has 0 spiro atoms. The summed E-state index contributed by atoms with van der Waals surface area (Å²) in [6, 6.07) is 15.4. The summed E-state index contributed by atoms with van der Waals surface area (Å²) in [6.07, 6.45) is 7.86. The number of benzene rings is 2. The van der Waals surface area contributed by atoms with Gasteiger partial charge in [-0.1, -0.05) is 30.3 Å². The summed E-state index contributed by atoms with van der Waals surface area (Å²) in [5.41, 5.74) is 2.71. The van der Waals surface area contributed by atoms with Gasteiger partial charge >= 0.3 is 5.69 Å². The van der Waals surface area contributed by atoms with Crippen LogP contribution in [0.5, 0.6) is 11.6 Å². The zero-order chi connectivity index (χ0) is 36.5. The molecule has 1 N–H and O–H groups in total. The molecule has 270 valence electrons. The van der Waals surface area contributed by atoms with Crippen molar-refractivity contribution in [2.24, 2.45) is 20.0 Å². The normalized spacial score (nSPS) is 19.3. The van der Waals surface area contributed by atoms with Crippen molar-refractivity contribution in [2.75, 3.05) is 14.2 Å². The van der Waals surface area contributed by atoms with Crippen LogP contribution in [0.3, 0.4) is 0 Å². The molecule has 0 unspecified atom stereocenters. The lowest BCUT2D eigenvalue weighted by molar-refractivity contribution is -0.124. The minimum atomic E-state index is -4.30. The summed E-state index contributed by atoms with van der Waals surface area (Å²) >= 11 is 0. The SMILES string of the molecule is COc1ccc(-c2c(-c3cn(C)nc3OC)n(S(=O)(=O)c3ccccc3)c3ncc4c(c23)n([C@H]2CC[C@@](C)(NC(=O)C3CC3)CC2)c(=O)n4C)cc1. The molecule has 13 nitrogen and oxygen atoms in total. The van der Waals surface area contributed by atoms with Gasteiger partial charge in [-0.25, -0.2) is 22.2 Å². The number of imidazole rings is 1. The second-order valence-electron chi connectivity index (χ2n) is 14.2. The molecule has 0 atom stereocenters. The fraction of sp³-hybridized carbons (Fsp3) is 0.368. The van der Waals surface area contributed by atoms with Crippen LogP contribution in [0.2, 0.25) is 0 Å². The Morgan fingerprint density at radius 1 is 0.962 bits per heavy atom. The van der Waals surface area contributed by atoms with E-state index in [2.05, 4.69) is 17.3 Å². The number of carbonyl (C=O) groups excluding carboxylic acids is 1. The van der Waals surface area contributed by atoms with Crippen molar-refractivity contribution in [3.05, 3.63) is 77.5 Å². The Hall–Kier alpha value is -5.37. The number of amides is 1. The van der Waals surface area contributed by atoms with Gasteiger partial charge in [0.2, 0.25) is 11.8 Å². The number of ether oxygens (including phenoxy) is 2. The number of pyridine rings is 1. The van der Waals surface area contributed by atoms with E-state index < -0.39 is 10.0 Å². The van der Waals surface area contributed by atoms with Crippen LogP contribution in [-0.2, 0) is 28.9 Å². The minimum absolute atomic E-state index is 0.0736. The Morgan fingerprint density at radius 3 is 2.29 bits per heavy atom. The van der Waals surface area contributed by atoms with E-state index in [1.165, 1.54) is 11.1 Å². The van der Waals surface area contributed by atoms with E-state index in [4.69, 9.17) is 14.5 Å². The van der Waals surface area contributed by atoms with Gasteiger partial charge in [0.1, 0.15) is 5.75 Å². The standard InChI is InChI=1S/C38H41N7O6S/c1-38(40-35(46)24-11-12-24)19-17-25(18-20-38)44-33-29(43(3)37(44)47)21-39-34-31(33)30(23-13-15-26(50-4)16-14-23)32(28-22-42(2)41-36(28)51-5)45(34)52(48,49)27-9-7-6-8-10-27/h6-10,13-16,21-22,24-25H,11-12,17-20H2,1-5H3,(H,40,46)/t25-,38+. The van der Waals surface area contributed by atoms with Crippen molar-refractivity contribution >= 4 is 38.0 Å². The second-order valence-corrected chi connectivity index (χ2v) is 16.0. The van der Waals surface area contributed by atoms with Crippen LogP contribution in [0.1, 0.15) is 51.5 Å². The molecule has 52 heavy (non-hydrogen) atoms. The lowest BCUT2D eigenvalue weighted by Crippen LogP contribution is -2.49. The lowest BCUT2D eigenvalue weighted by Gasteiger charge is -2.38. The number of hydrogen-bond acceptors (Lipinski definition) is 8. The highest BCUT2D eigenvalue weighted by atomic mass is 32.2. The summed E-state index contributed by atoms with van der Waals surface area (Å²) in [6.45, 7) is 2.08. The van der Waals surface area contributed by atoms with Crippen molar-refractivity contribution in [1.29, 1.82) is 0 Å². The van der Waals surface area contributed by atoms with E-state index in [9.17, 15) is 18.0 Å². The molecule has 6 aromatic rings. The minimum Gasteiger partial charge on any atom is -0.497 e. The van der Waals surface area contributed by atoms with Crippen LogP contribution >= 0.6 is 0 Å². The number of methoxy groups -OCH3 is 2. The van der Waals surface area contributed by atoms with Gasteiger partial charge in [-0.05, 0) is 75.3 Å². The molecule has 4 aromatic heterocycles. The van der Waals surface area contributed by atoms with Crippen LogP contribution < -0.4 is 20.5 Å². The Kier molecular flexibility index (Phi) is 8.05. The van der Waals surface area contributed by atoms with Crippen molar-refractivity contribution in [1.82, 2.24) is 33.2 Å². The predicted molar refractivity (Wildman–Crippen MR) is 197 cm³/mol.